The van der Waals surface area contributed by atoms with Crippen LogP contribution in [0.25, 0.3) is 0 Å². The minimum absolute atomic E-state index is 0.0394. The average Bonchev–Trinajstić information content (AvgIpc) is 2.99. The molecule has 1 saturated carbocycles. The van der Waals surface area contributed by atoms with Crippen molar-refractivity contribution in [3.63, 3.8) is 0 Å². The van der Waals surface area contributed by atoms with Crippen LogP contribution in [-0.2, 0) is 11.8 Å². The van der Waals surface area contributed by atoms with Crippen molar-refractivity contribution in [3.05, 3.63) is 11.9 Å². The third-order valence-corrected chi connectivity index (χ3v) is 2.94. The Kier molecular flexibility index (Phi) is 2.99. The summed E-state index contributed by atoms with van der Waals surface area (Å²) < 4.78 is 7.22. The molecule has 0 bridgehead atoms. The zero-order valence-electron chi connectivity index (χ0n) is 9.05. The van der Waals surface area contributed by atoms with Crippen LogP contribution >= 0.6 is 0 Å². The Bertz CT molecular complexity index is 322. The number of hydrogen-bond donors (Lipinski definition) is 2. The summed E-state index contributed by atoms with van der Waals surface area (Å²) in [6, 6.07) is -0.0394. The van der Waals surface area contributed by atoms with Crippen LogP contribution in [0, 0.1) is 5.92 Å². The number of aryl methyl sites for hydroxylation is 1. The zero-order valence-corrected chi connectivity index (χ0v) is 9.05. The van der Waals surface area contributed by atoms with Crippen LogP contribution in [0.15, 0.2) is 6.20 Å². The molecule has 84 valence electrons. The van der Waals surface area contributed by atoms with Gasteiger partial charge in [-0.05, 0) is 18.8 Å². The van der Waals surface area contributed by atoms with E-state index in [0.29, 0.717) is 5.92 Å². The Morgan fingerprint density at radius 1 is 1.67 bits per heavy atom. The monoisotopic (exact) mass is 211 g/mol. The number of nitrogens with one attached hydrogen (secondary N) is 1. The Hall–Kier alpha value is -0.980. The largest absolute Gasteiger partial charge is 0.379 e. The number of aromatic nitrogens is 3. The molecule has 1 aliphatic carbocycles. The van der Waals surface area contributed by atoms with Crippen molar-refractivity contribution in [3.8, 4) is 0 Å². The van der Waals surface area contributed by atoms with Gasteiger partial charge in [-0.2, -0.15) is 0 Å². The van der Waals surface area contributed by atoms with E-state index < -0.39 is 0 Å². The zero-order chi connectivity index (χ0) is 10.8. The molecule has 2 rings (SSSR count). The lowest BCUT2D eigenvalue weighted by Gasteiger charge is -2.24. The second kappa shape index (κ2) is 4.26. The minimum atomic E-state index is -0.0394. The first-order chi connectivity index (χ1) is 7.27. The highest BCUT2D eigenvalue weighted by atomic mass is 16.5. The van der Waals surface area contributed by atoms with E-state index in [-0.39, 0.29) is 12.1 Å². The van der Waals surface area contributed by atoms with Gasteiger partial charge in [-0.3, -0.25) is 10.5 Å². The van der Waals surface area contributed by atoms with Crippen LogP contribution in [0.5, 0.6) is 0 Å². The highest BCUT2D eigenvalue weighted by Crippen LogP contribution is 2.39. The van der Waals surface area contributed by atoms with Crippen LogP contribution in [0.2, 0.25) is 0 Å². The fourth-order valence-corrected chi connectivity index (χ4v) is 1.95. The van der Waals surface area contributed by atoms with Gasteiger partial charge in [-0.1, -0.05) is 5.21 Å². The van der Waals surface area contributed by atoms with Gasteiger partial charge in [0.05, 0.1) is 24.0 Å². The summed E-state index contributed by atoms with van der Waals surface area (Å²) in [6.45, 7) is 0. The van der Waals surface area contributed by atoms with Crippen molar-refractivity contribution in [1.29, 1.82) is 0 Å². The van der Waals surface area contributed by atoms with Crippen LogP contribution in [0.1, 0.15) is 24.6 Å². The molecule has 2 atom stereocenters. The SMILES string of the molecule is COC(C1CC1)C(NN)c1cnnn1C. The summed E-state index contributed by atoms with van der Waals surface area (Å²) in [4.78, 5) is 0. The number of methoxy groups -OCH3 is 1. The first-order valence-electron chi connectivity index (χ1n) is 5.11. The average molecular weight is 211 g/mol. The van der Waals surface area contributed by atoms with Gasteiger partial charge in [0.25, 0.3) is 0 Å². The lowest BCUT2D eigenvalue weighted by molar-refractivity contribution is 0.0482. The molecule has 0 spiro atoms. The van der Waals surface area contributed by atoms with Gasteiger partial charge in [0.15, 0.2) is 0 Å². The van der Waals surface area contributed by atoms with Crippen molar-refractivity contribution in [2.24, 2.45) is 18.8 Å². The Balaban J connectivity index is 2.18. The van der Waals surface area contributed by atoms with Gasteiger partial charge in [0.1, 0.15) is 0 Å². The van der Waals surface area contributed by atoms with Gasteiger partial charge < -0.3 is 4.74 Å². The Morgan fingerprint density at radius 3 is 2.80 bits per heavy atom. The number of nitrogens with zero attached hydrogens (tertiary/aromatic N) is 3. The number of nitrogens with two attached hydrogens (primary N) is 1. The van der Waals surface area contributed by atoms with Crippen LogP contribution in [0.3, 0.4) is 0 Å². The molecule has 0 aromatic carbocycles. The molecule has 1 fully saturated rings. The van der Waals surface area contributed by atoms with E-state index in [9.17, 15) is 0 Å². The predicted molar refractivity (Wildman–Crippen MR) is 54.6 cm³/mol. The summed E-state index contributed by atoms with van der Waals surface area (Å²) >= 11 is 0. The van der Waals surface area contributed by atoms with Crippen molar-refractivity contribution < 1.29 is 4.74 Å². The van der Waals surface area contributed by atoms with Crippen molar-refractivity contribution in [1.82, 2.24) is 20.4 Å². The molecule has 0 saturated heterocycles. The van der Waals surface area contributed by atoms with Crippen LogP contribution in [-0.4, -0.2) is 28.2 Å². The van der Waals surface area contributed by atoms with Crippen molar-refractivity contribution in [2.75, 3.05) is 7.11 Å². The lowest BCUT2D eigenvalue weighted by atomic mass is 10.0. The topological polar surface area (TPSA) is 78.0 Å². The van der Waals surface area contributed by atoms with Crippen molar-refractivity contribution in [2.45, 2.75) is 25.0 Å². The van der Waals surface area contributed by atoms with E-state index in [1.54, 1.807) is 18.0 Å². The van der Waals surface area contributed by atoms with E-state index in [4.69, 9.17) is 10.6 Å². The van der Waals surface area contributed by atoms with Crippen LogP contribution < -0.4 is 11.3 Å². The molecule has 1 aliphatic rings. The normalized spacial score (nSPS) is 20.2. The molecule has 1 aromatic heterocycles. The molecular weight excluding hydrogens is 194 g/mol. The predicted octanol–water partition coefficient (Wildman–Crippen LogP) is -0.255. The van der Waals surface area contributed by atoms with Crippen LogP contribution in [0.4, 0.5) is 0 Å². The summed E-state index contributed by atoms with van der Waals surface area (Å²) in [5.41, 5.74) is 3.75. The third kappa shape index (κ3) is 2.01. The maximum Gasteiger partial charge on any atom is 0.0909 e. The molecule has 6 nitrogen and oxygen atoms in total. The fourth-order valence-electron chi connectivity index (χ4n) is 1.95. The summed E-state index contributed by atoms with van der Waals surface area (Å²) in [7, 11) is 3.57. The number of rotatable bonds is 5. The van der Waals surface area contributed by atoms with E-state index in [2.05, 4.69) is 15.7 Å². The summed E-state index contributed by atoms with van der Waals surface area (Å²) in [6.07, 6.45) is 4.25. The molecular formula is C9H17N5O. The lowest BCUT2D eigenvalue weighted by Crippen LogP contribution is -2.39. The maximum atomic E-state index is 5.58. The molecule has 1 aromatic rings. The van der Waals surface area contributed by atoms with E-state index in [0.717, 1.165) is 5.69 Å². The molecule has 1 heterocycles. The smallest absolute Gasteiger partial charge is 0.0909 e. The van der Waals surface area contributed by atoms with E-state index >= 15 is 0 Å². The first-order valence-corrected chi connectivity index (χ1v) is 5.11. The number of ether oxygens (including phenoxy) is 1. The minimum Gasteiger partial charge on any atom is -0.379 e. The second-order valence-corrected chi connectivity index (χ2v) is 3.96. The number of hydrazine groups is 1. The summed E-state index contributed by atoms with van der Waals surface area (Å²) in [5.74, 6) is 6.18. The third-order valence-electron chi connectivity index (χ3n) is 2.94. The standard InChI is InChI=1S/C9H17N5O/c1-14-7(5-11-13-14)8(12-10)9(15-2)6-3-4-6/h5-6,8-9,12H,3-4,10H2,1-2H3. The Labute approximate surface area is 88.7 Å². The first kappa shape index (κ1) is 10.5. The molecule has 0 radical (unpaired) electrons. The highest BCUT2D eigenvalue weighted by Gasteiger charge is 2.38. The maximum absolute atomic E-state index is 5.58. The molecule has 6 heteroatoms. The Morgan fingerprint density at radius 2 is 2.40 bits per heavy atom. The van der Waals surface area contributed by atoms with Gasteiger partial charge in [-0.15, -0.1) is 5.10 Å². The van der Waals surface area contributed by atoms with Gasteiger partial charge in [0, 0.05) is 14.2 Å². The molecule has 0 aliphatic heterocycles. The number of hydrogen-bond acceptors (Lipinski definition) is 5. The molecule has 3 N–H and O–H groups in total. The fraction of sp³-hybridized carbons (Fsp3) is 0.778. The van der Waals surface area contributed by atoms with Gasteiger partial charge >= 0.3 is 0 Å². The summed E-state index contributed by atoms with van der Waals surface area (Å²) in [5, 5.41) is 7.75. The highest BCUT2D eigenvalue weighted by molar-refractivity contribution is 5.07. The van der Waals surface area contributed by atoms with E-state index in [1.165, 1.54) is 12.8 Å². The van der Waals surface area contributed by atoms with Crippen molar-refractivity contribution >= 4 is 0 Å². The molecule has 0 amide bonds. The van der Waals surface area contributed by atoms with E-state index in [1.807, 2.05) is 7.05 Å². The second-order valence-electron chi connectivity index (χ2n) is 3.96. The molecule has 15 heavy (non-hydrogen) atoms. The van der Waals surface area contributed by atoms with Gasteiger partial charge in [0.2, 0.25) is 0 Å². The van der Waals surface area contributed by atoms with Gasteiger partial charge in [-0.25, -0.2) is 5.43 Å². The quantitative estimate of drug-likeness (QED) is 0.518. The molecule has 2 unspecified atom stereocenters.